The van der Waals surface area contributed by atoms with Gasteiger partial charge in [-0.25, -0.2) is 4.79 Å². The van der Waals surface area contributed by atoms with Crippen LogP contribution in [0.1, 0.15) is 85.0 Å². The average Bonchev–Trinajstić information content (AvgIpc) is 3.01. The molecule has 2 N–H and O–H groups in total. The molecule has 0 saturated heterocycles. The maximum absolute atomic E-state index is 12.3. The lowest BCUT2D eigenvalue weighted by atomic mass is 9.83. The highest BCUT2D eigenvalue weighted by Crippen LogP contribution is 2.35. The first-order valence-electron chi connectivity index (χ1n) is 10.6. The highest BCUT2D eigenvalue weighted by molar-refractivity contribution is 5.86. The summed E-state index contributed by atoms with van der Waals surface area (Å²) in [7, 11) is 1.15. The van der Waals surface area contributed by atoms with E-state index in [1.165, 1.54) is 19.3 Å². The van der Waals surface area contributed by atoms with Crippen molar-refractivity contribution in [2.75, 3.05) is 7.11 Å². The van der Waals surface area contributed by atoms with Gasteiger partial charge in [0, 0.05) is 18.8 Å². The second-order valence-corrected chi connectivity index (χ2v) is 8.71. The van der Waals surface area contributed by atoms with Gasteiger partial charge < -0.3 is 14.9 Å². The fourth-order valence-electron chi connectivity index (χ4n) is 3.85. The highest BCUT2D eigenvalue weighted by atomic mass is 16.5. The highest BCUT2D eigenvalue weighted by Gasteiger charge is 2.32. The molecule has 0 aromatic carbocycles. The van der Waals surface area contributed by atoms with Gasteiger partial charge in [-0.3, -0.25) is 4.79 Å². The molecule has 1 fully saturated rings. The lowest BCUT2D eigenvalue weighted by Gasteiger charge is -2.23. The predicted molar refractivity (Wildman–Crippen MR) is 111 cm³/mol. The summed E-state index contributed by atoms with van der Waals surface area (Å²) >= 11 is 0. The standard InChI is InChI=1S/C23H38O5/c1-5-6-15-23(2,3)16-9-10-17-13-14-19(24)18(17)11-7-8-12-20(25)21(26)22(27)28-4/h9-10,17-18,25-26H,5-8,11-16H2,1-4H3/t17-,18+/m0/s1. The van der Waals surface area contributed by atoms with E-state index >= 15 is 0 Å². The van der Waals surface area contributed by atoms with Crippen LogP contribution in [0.4, 0.5) is 0 Å². The van der Waals surface area contributed by atoms with Crippen molar-refractivity contribution in [3.63, 3.8) is 0 Å². The molecule has 28 heavy (non-hydrogen) atoms. The van der Waals surface area contributed by atoms with Gasteiger partial charge in [0.2, 0.25) is 5.76 Å². The van der Waals surface area contributed by atoms with Crippen LogP contribution in [0.2, 0.25) is 0 Å². The Morgan fingerprint density at radius 2 is 1.96 bits per heavy atom. The molecule has 0 bridgehead atoms. The zero-order valence-electron chi connectivity index (χ0n) is 18.0. The topological polar surface area (TPSA) is 83.8 Å². The van der Waals surface area contributed by atoms with Crippen molar-refractivity contribution >= 4 is 11.8 Å². The van der Waals surface area contributed by atoms with E-state index < -0.39 is 11.7 Å². The van der Waals surface area contributed by atoms with E-state index in [1.807, 2.05) is 0 Å². The number of carbonyl (C=O) groups excluding carboxylic acids is 2. The Kier molecular flexibility index (Phi) is 10.3. The summed E-state index contributed by atoms with van der Waals surface area (Å²) in [5, 5.41) is 19.2. The quantitative estimate of drug-likeness (QED) is 0.144. The third-order valence-electron chi connectivity index (χ3n) is 5.75. The Hall–Kier alpha value is -1.78. The van der Waals surface area contributed by atoms with Crippen LogP contribution < -0.4 is 0 Å². The molecule has 0 spiro atoms. The summed E-state index contributed by atoms with van der Waals surface area (Å²) in [6, 6.07) is 0. The number of unbranched alkanes of at least 4 members (excludes halogenated alkanes) is 2. The van der Waals surface area contributed by atoms with E-state index in [0.717, 1.165) is 32.8 Å². The summed E-state index contributed by atoms with van der Waals surface area (Å²) in [4.78, 5) is 23.4. The Bertz CT molecular complexity index is 574. The second kappa shape index (κ2) is 11.9. The van der Waals surface area contributed by atoms with Gasteiger partial charge in [0.15, 0.2) is 0 Å². The minimum Gasteiger partial charge on any atom is -0.508 e. The molecule has 2 atom stereocenters. The van der Waals surface area contributed by atoms with Gasteiger partial charge in [0.25, 0.3) is 0 Å². The zero-order chi connectivity index (χ0) is 21.2. The molecule has 5 heteroatoms. The minimum atomic E-state index is -0.935. The van der Waals surface area contributed by atoms with Crippen LogP contribution in [0, 0.1) is 17.3 Å². The second-order valence-electron chi connectivity index (χ2n) is 8.71. The van der Waals surface area contributed by atoms with Crippen molar-refractivity contribution in [2.24, 2.45) is 17.3 Å². The normalized spacial score (nSPS) is 21.2. The molecule has 1 rings (SSSR count). The molecular weight excluding hydrogens is 356 g/mol. The number of ketones is 1. The molecule has 0 heterocycles. The number of ether oxygens (including phenoxy) is 1. The lowest BCUT2D eigenvalue weighted by Crippen LogP contribution is -2.14. The molecule has 0 aromatic rings. The number of Topliss-reactive ketones (excluding diaryl/α,β-unsaturated/α-hetero) is 1. The van der Waals surface area contributed by atoms with Crippen LogP contribution in [0.25, 0.3) is 0 Å². The van der Waals surface area contributed by atoms with Crippen molar-refractivity contribution < 1.29 is 24.5 Å². The fourth-order valence-corrected chi connectivity index (χ4v) is 3.85. The van der Waals surface area contributed by atoms with E-state index in [2.05, 4.69) is 37.7 Å². The zero-order valence-corrected chi connectivity index (χ0v) is 18.0. The van der Waals surface area contributed by atoms with Gasteiger partial charge in [0.05, 0.1) is 7.11 Å². The smallest absolute Gasteiger partial charge is 0.376 e. The molecular formula is C23H38O5. The van der Waals surface area contributed by atoms with Gasteiger partial charge >= 0.3 is 5.97 Å². The van der Waals surface area contributed by atoms with Crippen LogP contribution in [-0.2, 0) is 14.3 Å². The van der Waals surface area contributed by atoms with Crippen LogP contribution in [0.3, 0.4) is 0 Å². The third-order valence-corrected chi connectivity index (χ3v) is 5.75. The van der Waals surface area contributed by atoms with Crippen LogP contribution >= 0.6 is 0 Å². The van der Waals surface area contributed by atoms with Gasteiger partial charge in [-0.15, -0.1) is 0 Å². The molecule has 1 aliphatic rings. The maximum Gasteiger partial charge on any atom is 0.376 e. The Morgan fingerprint density at radius 1 is 1.25 bits per heavy atom. The van der Waals surface area contributed by atoms with Crippen LogP contribution in [-0.4, -0.2) is 29.1 Å². The van der Waals surface area contributed by atoms with E-state index in [4.69, 9.17) is 0 Å². The molecule has 160 valence electrons. The number of hydrogen-bond donors (Lipinski definition) is 2. The van der Waals surface area contributed by atoms with Gasteiger partial charge in [0.1, 0.15) is 11.5 Å². The number of allylic oxidation sites excluding steroid dienone is 3. The summed E-state index contributed by atoms with van der Waals surface area (Å²) in [6.45, 7) is 6.81. The number of rotatable bonds is 12. The van der Waals surface area contributed by atoms with E-state index in [0.29, 0.717) is 30.0 Å². The number of esters is 1. The van der Waals surface area contributed by atoms with Crippen molar-refractivity contribution in [2.45, 2.75) is 85.0 Å². The number of aliphatic hydroxyl groups is 2. The molecule has 1 aliphatic carbocycles. The molecule has 0 radical (unpaired) electrons. The van der Waals surface area contributed by atoms with Crippen molar-refractivity contribution in [1.82, 2.24) is 0 Å². The van der Waals surface area contributed by atoms with Crippen molar-refractivity contribution in [1.29, 1.82) is 0 Å². The van der Waals surface area contributed by atoms with Crippen LogP contribution in [0.5, 0.6) is 0 Å². The first-order chi connectivity index (χ1) is 13.2. The minimum absolute atomic E-state index is 0.0512. The summed E-state index contributed by atoms with van der Waals surface area (Å²) in [5.74, 6) is -1.33. The number of carbonyl (C=O) groups is 2. The van der Waals surface area contributed by atoms with E-state index in [-0.39, 0.29) is 18.1 Å². The Balaban J connectivity index is 2.47. The monoisotopic (exact) mass is 394 g/mol. The van der Waals surface area contributed by atoms with Gasteiger partial charge in [-0.2, -0.15) is 0 Å². The molecule has 5 nitrogen and oxygen atoms in total. The number of methoxy groups -OCH3 is 1. The molecule has 0 aliphatic heterocycles. The SMILES string of the molecule is CCCCC(C)(C)CC=C[C@H]1CCC(=O)[C@@H]1CCCCC(O)=C(O)C(=O)OC. The molecule has 1 saturated carbocycles. The lowest BCUT2D eigenvalue weighted by molar-refractivity contribution is -0.139. The van der Waals surface area contributed by atoms with E-state index in [1.54, 1.807) is 0 Å². The molecule has 0 unspecified atom stereocenters. The summed E-state index contributed by atoms with van der Waals surface area (Å²) < 4.78 is 4.37. The van der Waals surface area contributed by atoms with Crippen molar-refractivity contribution in [3.05, 3.63) is 23.7 Å². The van der Waals surface area contributed by atoms with Gasteiger partial charge in [-0.1, -0.05) is 52.2 Å². The van der Waals surface area contributed by atoms with E-state index in [9.17, 15) is 19.8 Å². The largest absolute Gasteiger partial charge is 0.508 e. The fraction of sp³-hybridized carbons (Fsp3) is 0.739. The number of aliphatic hydroxyl groups excluding tert-OH is 2. The Morgan fingerprint density at radius 3 is 2.61 bits per heavy atom. The predicted octanol–water partition coefficient (Wildman–Crippen LogP) is 5.81. The molecule has 0 amide bonds. The van der Waals surface area contributed by atoms with Crippen LogP contribution in [0.15, 0.2) is 23.7 Å². The first-order valence-corrected chi connectivity index (χ1v) is 10.6. The van der Waals surface area contributed by atoms with Crippen molar-refractivity contribution in [3.8, 4) is 0 Å². The first kappa shape index (κ1) is 24.3. The summed E-state index contributed by atoms with van der Waals surface area (Å²) in [5.41, 5.74) is 0.302. The Labute approximate surface area is 169 Å². The third kappa shape index (κ3) is 8.07. The summed E-state index contributed by atoms with van der Waals surface area (Å²) in [6.07, 6.45) is 13.1. The number of hydrogen-bond acceptors (Lipinski definition) is 5. The maximum atomic E-state index is 12.3. The van der Waals surface area contributed by atoms with Gasteiger partial charge in [-0.05, 0) is 43.4 Å². The molecule has 0 aromatic heterocycles. The average molecular weight is 395 g/mol.